The molecule has 0 radical (unpaired) electrons. The number of rotatable bonds is 2. The SMILES string of the molecule is CC(O)(C(N)=O)c1ncn2ccc(Cl)c(F)c12. The molecular weight excluding hydrogens is 249 g/mol. The highest BCUT2D eigenvalue weighted by molar-refractivity contribution is 6.31. The molecule has 0 saturated heterocycles. The number of primary amides is 1. The molecule has 3 N–H and O–H groups in total. The van der Waals surface area contributed by atoms with E-state index in [1.807, 2.05) is 0 Å². The number of imidazole rings is 1. The van der Waals surface area contributed by atoms with Crippen molar-refractivity contribution in [3.05, 3.63) is 35.1 Å². The third-order valence-electron chi connectivity index (χ3n) is 2.53. The summed E-state index contributed by atoms with van der Waals surface area (Å²) in [5.41, 5.74) is 2.76. The number of hydrogen-bond acceptors (Lipinski definition) is 3. The van der Waals surface area contributed by atoms with E-state index in [0.717, 1.165) is 6.92 Å². The van der Waals surface area contributed by atoms with E-state index in [4.69, 9.17) is 17.3 Å². The van der Waals surface area contributed by atoms with Crippen molar-refractivity contribution in [1.29, 1.82) is 0 Å². The minimum atomic E-state index is -2.06. The highest BCUT2D eigenvalue weighted by Crippen LogP contribution is 2.28. The molecule has 0 aliphatic heterocycles. The summed E-state index contributed by atoms with van der Waals surface area (Å²) < 4.78 is 15.1. The Hall–Kier alpha value is -1.66. The predicted octanol–water partition coefficient (Wildman–Crippen LogP) is 0.820. The Kier molecular flexibility index (Phi) is 2.56. The van der Waals surface area contributed by atoms with Gasteiger partial charge in [-0.05, 0) is 13.0 Å². The molecule has 0 spiro atoms. The number of aliphatic hydroxyl groups is 1. The second-order valence-electron chi connectivity index (χ2n) is 3.76. The Balaban J connectivity index is 2.80. The maximum atomic E-state index is 13.8. The number of aromatic nitrogens is 2. The lowest BCUT2D eigenvalue weighted by Crippen LogP contribution is -2.38. The number of nitrogens with zero attached hydrogens (tertiary/aromatic N) is 2. The van der Waals surface area contributed by atoms with Crippen LogP contribution >= 0.6 is 11.6 Å². The normalized spacial score (nSPS) is 14.8. The van der Waals surface area contributed by atoms with E-state index in [2.05, 4.69) is 4.98 Å². The molecule has 2 aromatic rings. The average molecular weight is 258 g/mol. The molecule has 0 aromatic carbocycles. The number of carbonyl (C=O) groups is 1. The molecule has 17 heavy (non-hydrogen) atoms. The standard InChI is InChI=1S/C10H9ClFN3O2/c1-10(17,9(13)16)8-7-6(12)5(11)2-3-15(7)4-14-8/h2-4,17H,1H3,(H2,13,16). The van der Waals surface area contributed by atoms with E-state index in [0.29, 0.717) is 0 Å². The number of carbonyl (C=O) groups excluding carboxylic acids is 1. The topological polar surface area (TPSA) is 80.6 Å². The lowest BCUT2D eigenvalue weighted by molar-refractivity contribution is -0.135. The Labute approximate surface area is 101 Å². The summed E-state index contributed by atoms with van der Waals surface area (Å²) in [5.74, 6) is -1.78. The van der Waals surface area contributed by atoms with Gasteiger partial charge in [-0.25, -0.2) is 9.37 Å². The maximum absolute atomic E-state index is 13.8. The van der Waals surface area contributed by atoms with Crippen LogP contribution in [0.2, 0.25) is 5.02 Å². The van der Waals surface area contributed by atoms with Crippen LogP contribution in [-0.4, -0.2) is 20.4 Å². The zero-order valence-electron chi connectivity index (χ0n) is 8.82. The van der Waals surface area contributed by atoms with E-state index in [9.17, 15) is 14.3 Å². The molecule has 2 heterocycles. The van der Waals surface area contributed by atoms with Crippen LogP contribution in [0.1, 0.15) is 12.6 Å². The van der Waals surface area contributed by atoms with Gasteiger partial charge in [0.2, 0.25) is 0 Å². The predicted molar refractivity (Wildman–Crippen MR) is 58.9 cm³/mol. The minimum absolute atomic E-state index is 0.0682. The summed E-state index contributed by atoms with van der Waals surface area (Å²) in [4.78, 5) is 14.9. The number of halogens is 2. The summed E-state index contributed by atoms with van der Waals surface area (Å²) in [5, 5.41) is 9.78. The van der Waals surface area contributed by atoms with Crippen molar-refractivity contribution < 1.29 is 14.3 Å². The zero-order valence-corrected chi connectivity index (χ0v) is 9.57. The van der Waals surface area contributed by atoms with E-state index in [-0.39, 0.29) is 16.2 Å². The lowest BCUT2D eigenvalue weighted by atomic mass is 10.0. The van der Waals surface area contributed by atoms with Crippen molar-refractivity contribution in [2.45, 2.75) is 12.5 Å². The van der Waals surface area contributed by atoms with Crippen LogP contribution in [0.25, 0.3) is 5.52 Å². The van der Waals surface area contributed by atoms with Gasteiger partial charge in [-0.3, -0.25) is 4.79 Å². The molecule has 1 atom stereocenters. The Morgan fingerprint density at radius 3 is 2.94 bits per heavy atom. The number of pyridine rings is 1. The van der Waals surface area contributed by atoms with Crippen LogP contribution in [0, 0.1) is 5.82 Å². The first-order chi connectivity index (χ1) is 7.85. The van der Waals surface area contributed by atoms with Crippen molar-refractivity contribution in [2.75, 3.05) is 0 Å². The van der Waals surface area contributed by atoms with E-state index >= 15 is 0 Å². The molecule has 7 heteroatoms. The van der Waals surface area contributed by atoms with Crippen LogP contribution in [0.15, 0.2) is 18.6 Å². The quantitative estimate of drug-likeness (QED) is 0.836. The van der Waals surface area contributed by atoms with Crippen LogP contribution in [0.5, 0.6) is 0 Å². The second-order valence-corrected chi connectivity index (χ2v) is 4.17. The van der Waals surface area contributed by atoms with Crippen molar-refractivity contribution in [2.24, 2.45) is 5.73 Å². The zero-order chi connectivity index (χ0) is 12.8. The number of hydrogen-bond donors (Lipinski definition) is 2. The summed E-state index contributed by atoms with van der Waals surface area (Å²) >= 11 is 5.63. The molecule has 90 valence electrons. The molecule has 0 saturated carbocycles. The van der Waals surface area contributed by atoms with Crippen LogP contribution in [-0.2, 0) is 10.4 Å². The Bertz CT molecular complexity index is 609. The molecule has 1 amide bonds. The highest BCUT2D eigenvalue weighted by atomic mass is 35.5. The van der Waals surface area contributed by atoms with Crippen LogP contribution in [0.3, 0.4) is 0 Å². The molecule has 0 aliphatic carbocycles. The van der Waals surface area contributed by atoms with E-state index < -0.39 is 17.3 Å². The fourth-order valence-corrected chi connectivity index (χ4v) is 1.64. The summed E-state index contributed by atoms with van der Waals surface area (Å²) in [6, 6.07) is 1.34. The number of fused-ring (bicyclic) bond motifs is 1. The van der Waals surface area contributed by atoms with E-state index in [1.54, 1.807) is 0 Å². The first kappa shape index (κ1) is 11.8. The molecule has 2 rings (SSSR count). The van der Waals surface area contributed by atoms with E-state index in [1.165, 1.54) is 23.0 Å². The first-order valence-corrected chi connectivity index (χ1v) is 5.07. The van der Waals surface area contributed by atoms with Crippen LogP contribution < -0.4 is 5.73 Å². The van der Waals surface area contributed by atoms with Crippen molar-refractivity contribution in [3.8, 4) is 0 Å². The number of nitrogens with two attached hydrogens (primary N) is 1. The molecular formula is C10H9ClFN3O2. The van der Waals surface area contributed by atoms with Gasteiger partial charge in [0.05, 0.1) is 11.3 Å². The fourth-order valence-electron chi connectivity index (χ4n) is 1.50. The Morgan fingerprint density at radius 1 is 1.71 bits per heavy atom. The van der Waals surface area contributed by atoms with Gasteiger partial charge >= 0.3 is 0 Å². The number of amides is 1. The fraction of sp³-hybridized carbons (Fsp3) is 0.200. The van der Waals surface area contributed by atoms with Gasteiger partial charge in [0.15, 0.2) is 11.4 Å². The molecule has 1 unspecified atom stereocenters. The minimum Gasteiger partial charge on any atom is -0.374 e. The van der Waals surface area contributed by atoms with Gasteiger partial charge in [-0.1, -0.05) is 11.6 Å². The lowest BCUT2D eigenvalue weighted by Gasteiger charge is -2.17. The van der Waals surface area contributed by atoms with Gasteiger partial charge in [0.1, 0.15) is 11.2 Å². The monoisotopic (exact) mass is 257 g/mol. The third-order valence-corrected chi connectivity index (χ3v) is 2.83. The van der Waals surface area contributed by atoms with Crippen molar-refractivity contribution in [3.63, 3.8) is 0 Å². The molecule has 2 aromatic heterocycles. The summed E-state index contributed by atoms with van der Waals surface area (Å²) in [6.07, 6.45) is 2.73. The molecule has 0 fully saturated rings. The summed E-state index contributed by atoms with van der Waals surface area (Å²) in [6.45, 7) is 1.15. The smallest absolute Gasteiger partial charge is 0.255 e. The molecule has 5 nitrogen and oxygen atoms in total. The van der Waals surface area contributed by atoms with Crippen LogP contribution in [0.4, 0.5) is 4.39 Å². The maximum Gasteiger partial charge on any atom is 0.255 e. The van der Waals surface area contributed by atoms with Crippen molar-refractivity contribution in [1.82, 2.24) is 9.38 Å². The van der Waals surface area contributed by atoms with Gasteiger partial charge < -0.3 is 15.2 Å². The molecule has 0 bridgehead atoms. The Morgan fingerprint density at radius 2 is 2.35 bits per heavy atom. The third kappa shape index (κ3) is 1.65. The first-order valence-electron chi connectivity index (χ1n) is 4.69. The largest absolute Gasteiger partial charge is 0.374 e. The molecule has 0 aliphatic rings. The second kappa shape index (κ2) is 3.68. The van der Waals surface area contributed by atoms with Gasteiger partial charge in [0, 0.05) is 6.20 Å². The van der Waals surface area contributed by atoms with Gasteiger partial charge in [0.25, 0.3) is 5.91 Å². The van der Waals surface area contributed by atoms with Gasteiger partial charge in [-0.2, -0.15) is 0 Å². The van der Waals surface area contributed by atoms with Gasteiger partial charge in [-0.15, -0.1) is 0 Å². The average Bonchev–Trinajstić information content (AvgIpc) is 2.68. The summed E-state index contributed by atoms with van der Waals surface area (Å²) in [7, 11) is 0. The highest BCUT2D eigenvalue weighted by Gasteiger charge is 2.35. The van der Waals surface area contributed by atoms with Crippen molar-refractivity contribution >= 4 is 23.0 Å².